The second kappa shape index (κ2) is 9.06. The minimum Gasteiger partial charge on any atom is -0.383 e. The van der Waals surface area contributed by atoms with Crippen molar-refractivity contribution < 1.29 is 9.13 Å². The highest BCUT2D eigenvalue weighted by atomic mass is 19.1. The Kier molecular flexibility index (Phi) is 7.73. The smallest absolute Gasteiger partial charge is 0.123 e. The van der Waals surface area contributed by atoms with E-state index in [2.05, 4.69) is 31.1 Å². The Morgan fingerprint density at radius 1 is 1.30 bits per heavy atom. The quantitative estimate of drug-likeness (QED) is 0.754. The van der Waals surface area contributed by atoms with Crippen molar-refractivity contribution in [1.29, 1.82) is 0 Å². The Morgan fingerprint density at radius 3 is 2.50 bits per heavy atom. The minimum absolute atomic E-state index is 0.185. The molecular formula is C16H27FN2O. The fraction of sp³-hybridized carbons (Fsp3) is 0.625. The van der Waals surface area contributed by atoms with Crippen LogP contribution in [0.5, 0.6) is 0 Å². The summed E-state index contributed by atoms with van der Waals surface area (Å²) < 4.78 is 18.2. The molecule has 0 saturated heterocycles. The molecule has 0 heterocycles. The molecule has 2 unspecified atom stereocenters. The van der Waals surface area contributed by atoms with Crippen LogP contribution in [0.1, 0.15) is 31.9 Å². The van der Waals surface area contributed by atoms with Crippen LogP contribution in [0.3, 0.4) is 0 Å². The second-order valence-corrected chi connectivity index (χ2v) is 5.24. The summed E-state index contributed by atoms with van der Waals surface area (Å²) in [6, 6.07) is 7.43. The Balaban J connectivity index is 2.57. The van der Waals surface area contributed by atoms with Gasteiger partial charge in [0.2, 0.25) is 0 Å². The van der Waals surface area contributed by atoms with Gasteiger partial charge in [-0.25, -0.2) is 4.39 Å². The summed E-state index contributed by atoms with van der Waals surface area (Å²) in [7, 11) is 3.83. The van der Waals surface area contributed by atoms with E-state index in [1.54, 1.807) is 7.11 Å². The van der Waals surface area contributed by atoms with Gasteiger partial charge in [-0.2, -0.15) is 0 Å². The first kappa shape index (κ1) is 17.1. The van der Waals surface area contributed by atoms with Gasteiger partial charge in [0.05, 0.1) is 6.61 Å². The Labute approximate surface area is 122 Å². The Bertz CT molecular complexity index is 369. The van der Waals surface area contributed by atoms with E-state index in [1.807, 2.05) is 12.1 Å². The lowest BCUT2D eigenvalue weighted by Crippen LogP contribution is -2.35. The molecule has 0 aliphatic heterocycles. The summed E-state index contributed by atoms with van der Waals surface area (Å²) in [5.74, 6) is -0.185. The minimum atomic E-state index is -0.185. The highest BCUT2D eigenvalue weighted by molar-refractivity contribution is 5.19. The van der Waals surface area contributed by atoms with Gasteiger partial charge in [-0.3, -0.25) is 0 Å². The zero-order chi connectivity index (χ0) is 15.0. The summed E-state index contributed by atoms with van der Waals surface area (Å²) in [4.78, 5) is 2.29. The summed E-state index contributed by atoms with van der Waals surface area (Å²) in [5.41, 5.74) is 1.14. The molecule has 2 atom stereocenters. The lowest BCUT2D eigenvalue weighted by molar-refractivity contribution is 0.113. The number of benzene rings is 1. The first-order chi connectivity index (χ1) is 9.58. The van der Waals surface area contributed by atoms with Gasteiger partial charge in [-0.15, -0.1) is 0 Å². The lowest BCUT2D eigenvalue weighted by atomic mass is 10.0. The maximum atomic E-state index is 13.0. The number of halogens is 1. The molecule has 0 amide bonds. The van der Waals surface area contributed by atoms with Crippen LogP contribution in [0.25, 0.3) is 0 Å². The largest absolute Gasteiger partial charge is 0.383 e. The molecule has 0 fully saturated rings. The average molecular weight is 282 g/mol. The van der Waals surface area contributed by atoms with Gasteiger partial charge >= 0.3 is 0 Å². The molecule has 0 aliphatic carbocycles. The van der Waals surface area contributed by atoms with Crippen LogP contribution >= 0.6 is 0 Å². The molecular weight excluding hydrogens is 255 g/mol. The molecule has 20 heavy (non-hydrogen) atoms. The van der Waals surface area contributed by atoms with Gasteiger partial charge in [-0.1, -0.05) is 19.1 Å². The van der Waals surface area contributed by atoms with E-state index in [-0.39, 0.29) is 11.9 Å². The lowest BCUT2D eigenvalue weighted by Gasteiger charge is -2.27. The zero-order valence-corrected chi connectivity index (χ0v) is 13.0. The molecule has 1 aromatic rings. The van der Waals surface area contributed by atoms with E-state index >= 15 is 0 Å². The van der Waals surface area contributed by atoms with Crippen LogP contribution in [0, 0.1) is 5.82 Å². The number of rotatable bonds is 9. The third-order valence-corrected chi connectivity index (χ3v) is 3.65. The first-order valence-electron chi connectivity index (χ1n) is 7.26. The fourth-order valence-corrected chi connectivity index (χ4v) is 2.25. The van der Waals surface area contributed by atoms with Gasteiger partial charge in [0.1, 0.15) is 5.82 Å². The molecule has 1 rings (SSSR count). The Hall–Kier alpha value is -0.970. The van der Waals surface area contributed by atoms with Crippen molar-refractivity contribution in [2.75, 3.05) is 33.9 Å². The van der Waals surface area contributed by atoms with Crippen molar-refractivity contribution in [2.24, 2.45) is 0 Å². The van der Waals surface area contributed by atoms with Crippen molar-refractivity contribution in [3.8, 4) is 0 Å². The summed E-state index contributed by atoms with van der Waals surface area (Å²) >= 11 is 0. The van der Waals surface area contributed by atoms with Gasteiger partial charge in [0.15, 0.2) is 0 Å². The number of ether oxygens (including phenoxy) is 1. The summed E-state index contributed by atoms with van der Waals surface area (Å²) in [5, 5.41) is 3.46. The van der Waals surface area contributed by atoms with E-state index in [1.165, 1.54) is 12.1 Å². The van der Waals surface area contributed by atoms with Crippen molar-refractivity contribution in [1.82, 2.24) is 10.2 Å². The van der Waals surface area contributed by atoms with Crippen molar-refractivity contribution in [3.63, 3.8) is 0 Å². The molecule has 3 nitrogen and oxygen atoms in total. The number of nitrogens with one attached hydrogen (secondary N) is 1. The molecule has 0 radical (unpaired) electrons. The number of likely N-dealkylation sites (N-methyl/N-ethyl adjacent to an activating group) is 1. The maximum Gasteiger partial charge on any atom is 0.123 e. The van der Waals surface area contributed by atoms with E-state index in [0.717, 1.165) is 31.7 Å². The molecule has 1 N–H and O–H groups in total. The first-order valence-corrected chi connectivity index (χ1v) is 7.26. The highest BCUT2D eigenvalue weighted by Crippen LogP contribution is 2.18. The second-order valence-electron chi connectivity index (χ2n) is 5.24. The fourth-order valence-electron chi connectivity index (χ4n) is 2.25. The third-order valence-electron chi connectivity index (χ3n) is 3.65. The number of hydrogen-bond acceptors (Lipinski definition) is 3. The van der Waals surface area contributed by atoms with E-state index in [0.29, 0.717) is 6.04 Å². The molecule has 114 valence electrons. The molecule has 0 aliphatic rings. The van der Waals surface area contributed by atoms with E-state index in [4.69, 9.17) is 4.74 Å². The van der Waals surface area contributed by atoms with Crippen LogP contribution in [0.15, 0.2) is 24.3 Å². The summed E-state index contributed by atoms with van der Waals surface area (Å²) in [6.07, 6.45) is 0.990. The van der Waals surface area contributed by atoms with Crippen LogP contribution < -0.4 is 5.32 Å². The van der Waals surface area contributed by atoms with E-state index in [9.17, 15) is 4.39 Å². The van der Waals surface area contributed by atoms with Gasteiger partial charge < -0.3 is 15.0 Å². The molecule has 0 saturated carbocycles. The topological polar surface area (TPSA) is 24.5 Å². The maximum absolute atomic E-state index is 13.0. The number of hydrogen-bond donors (Lipinski definition) is 1. The normalized spacial score (nSPS) is 14.5. The predicted octanol–water partition coefficient (Wildman–Crippen LogP) is 2.83. The summed E-state index contributed by atoms with van der Waals surface area (Å²) in [6.45, 7) is 6.86. The van der Waals surface area contributed by atoms with E-state index < -0.39 is 0 Å². The van der Waals surface area contributed by atoms with Crippen molar-refractivity contribution in [2.45, 2.75) is 32.4 Å². The van der Waals surface area contributed by atoms with Crippen LogP contribution in [0.4, 0.5) is 4.39 Å². The monoisotopic (exact) mass is 282 g/mol. The predicted molar refractivity (Wildman–Crippen MR) is 81.4 cm³/mol. The molecule has 4 heteroatoms. The molecule has 0 aromatic heterocycles. The molecule has 0 spiro atoms. The van der Waals surface area contributed by atoms with Crippen LogP contribution in [-0.2, 0) is 4.74 Å². The van der Waals surface area contributed by atoms with Gasteiger partial charge in [0, 0.05) is 25.7 Å². The Morgan fingerprint density at radius 2 is 1.95 bits per heavy atom. The van der Waals surface area contributed by atoms with Crippen LogP contribution in [-0.4, -0.2) is 44.8 Å². The van der Waals surface area contributed by atoms with Gasteiger partial charge in [0.25, 0.3) is 0 Å². The standard InChI is InChI=1S/C16H27FN2O/c1-5-18-16(14-6-8-15(17)9-7-14)10-11-19(3)13(2)12-20-4/h6-9,13,16,18H,5,10-12H2,1-4H3. The third kappa shape index (κ3) is 5.57. The van der Waals surface area contributed by atoms with Crippen LogP contribution in [0.2, 0.25) is 0 Å². The highest BCUT2D eigenvalue weighted by Gasteiger charge is 2.14. The van der Waals surface area contributed by atoms with Crippen molar-refractivity contribution >= 4 is 0 Å². The number of nitrogens with zero attached hydrogens (tertiary/aromatic N) is 1. The van der Waals surface area contributed by atoms with Crippen molar-refractivity contribution in [3.05, 3.63) is 35.6 Å². The average Bonchev–Trinajstić information content (AvgIpc) is 2.44. The molecule has 0 bridgehead atoms. The molecule has 1 aromatic carbocycles. The van der Waals surface area contributed by atoms with Gasteiger partial charge in [-0.05, 0) is 44.6 Å². The zero-order valence-electron chi connectivity index (χ0n) is 13.0. The number of methoxy groups -OCH3 is 1. The SMILES string of the molecule is CCNC(CCN(C)C(C)COC)c1ccc(F)cc1.